The molecule has 0 bridgehead atoms. The molecule has 0 heterocycles. The predicted molar refractivity (Wildman–Crippen MR) is 58.5 cm³/mol. The molecule has 29 heavy (non-hydrogen) atoms. The number of hydrogen-bond acceptors (Lipinski definition) is 13. The molecular formula is C10H10ClNa5O13. The molecule has 0 rings (SSSR count). The zero-order chi connectivity index (χ0) is 19.0. The molecule has 0 aromatic carbocycles. The number of carbonyl (C=O) groups excluding carboxylic acids is 5. The molecule has 0 fully saturated rings. The molecule has 2 atom stereocenters. The number of carboxylic acids is 5. The number of carbonyl (C=O) groups is 5. The van der Waals surface area contributed by atoms with Crippen molar-refractivity contribution in [2.45, 2.75) is 30.7 Å². The normalized spacial score (nSPS) is 10.3. The van der Waals surface area contributed by atoms with E-state index in [1.807, 2.05) is 0 Å². The summed E-state index contributed by atoms with van der Waals surface area (Å²) in [4.78, 5) is 49.3. The summed E-state index contributed by atoms with van der Waals surface area (Å²) >= 11 is 0. The van der Waals surface area contributed by atoms with Gasteiger partial charge in [0.1, 0.15) is 17.8 Å². The fourth-order valence-electron chi connectivity index (χ4n) is 0.942. The maximum Gasteiger partial charge on any atom is 1.00 e. The molecule has 2 unspecified atom stereocenters. The first kappa shape index (κ1) is 53.1. The zero-order valence-electron chi connectivity index (χ0n) is 16.4. The largest absolute Gasteiger partial charge is 1.00 e. The van der Waals surface area contributed by atoms with Gasteiger partial charge in [0, 0.05) is 24.8 Å². The summed E-state index contributed by atoms with van der Waals surface area (Å²) in [6.07, 6.45) is -7.60. The first-order valence-electron chi connectivity index (χ1n) is 5.36. The second-order valence-corrected chi connectivity index (χ2v) is 3.94. The van der Waals surface area contributed by atoms with Gasteiger partial charge in [0.05, 0.1) is 17.9 Å². The zero-order valence-corrected chi connectivity index (χ0v) is 27.2. The van der Waals surface area contributed by atoms with Crippen molar-refractivity contribution in [2.75, 3.05) is 0 Å². The molecule has 0 spiro atoms. The molecule has 0 aliphatic rings. The summed E-state index contributed by atoms with van der Waals surface area (Å²) in [6, 6.07) is 0. The number of carboxylic acid groups (broad SMARTS) is 5. The Hall–Kier alpha value is 2.52. The van der Waals surface area contributed by atoms with Gasteiger partial charge in [-0.25, -0.2) is 0 Å². The van der Waals surface area contributed by atoms with Gasteiger partial charge in [0.2, 0.25) is 0 Å². The van der Waals surface area contributed by atoms with Gasteiger partial charge in [0.15, 0.2) is 0 Å². The van der Waals surface area contributed by atoms with Crippen LogP contribution in [-0.2, 0) is 24.0 Å². The number of hydrogen-bond donors (Lipinski definition) is 3. The molecule has 0 saturated carbocycles. The maximum atomic E-state index is 10.1. The monoisotopic (exact) mass is 488 g/mol. The molecule has 0 aliphatic carbocycles. The van der Waals surface area contributed by atoms with Crippen LogP contribution in [0.25, 0.3) is 0 Å². The molecule has 3 N–H and O–H groups in total. The topological polar surface area (TPSA) is 261 Å². The van der Waals surface area contributed by atoms with Crippen LogP contribution >= 0.6 is 12.4 Å². The average molecular weight is 489 g/mol. The average Bonchev–Trinajstić information content (AvgIpc) is 2.35. The first-order valence-corrected chi connectivity index (χ1v) is 5.36. The summed E-state index contributed by atoms with van der Waals surface area (Å²) in [5.74, 6) is -10.1. The van der Waals surface area contributed by atoms with Crippen LogP contribution in [0, 0.1) is 0 Å². The predicted octanol–water partition coefficient (Wildman–Crippen LogP) is -24.6. The van der Waals surface area contributed by atoms with Crippen molar-refractivity contribution in [2.24, 2.45) is 0 Å². The molecular weight excluding hydrogens is 479 g/mol. The van der Waals surface area contributed by atoms with E-state index >= 15 is 0 Å². The van der Waals surface area contributed by atoms with Crippen LogP contribution in [0.3, 0.4) is 0 Å². The van der Waals surface area contributed by atoms with Crippen molar-refractivity contribution in [1.82, 2.24) is 0 Å². The van der Waals surface area contributed by atoms with E-state index in [2.05, 4.69) is 0 Å². The second kappa shape index (κ2) is 26.8. The van der Waals surface area contributed by atoms with Crippen LogP contribution in [0.5, 0.6) is 0 Å². The van der Waals surface area contributed by atoms with Gasteiger partial charge in [-0.05, 0) is 0 Å². The Bertz CT molecular complexity index is 472. The van der Waals surface area contributed by atoms with Crippen LogP contribution in [0.2, 0.25) is 0 Å². The number of aliphatic hydroxyl groups is 3. The molecule has 0 aliphatic heterocycles. The van der Waals surface area contributed by atoms with Gasteiger partial charge in [-0.15, -0.1) is 12.4 Å². The van der Waals surface area contributed by atoms with Crippen molar-refractivity contribution in [3.8, 4) is 0 Å². The van der Waals surface area contributed by atoms with Gasteiger partial charge in [-0.2, -0.15) is 0 Å². The molecule has 0 radical (unpaired) electrons. The smallest absolute Gasteiger partial charge is 0.550 e. The van der Waals surface area contributed by atoms with E-state index in [9.17, 15) is 49.5 Å². The minimum absolute atomic E-state index is 0. The van der Waals surface area contributed by atoms with E-state index in [-0.39, 0.29) is 160 Å². The van der Waals surface area contributed by atoms with Gasteiger partial charge in [0.25, 0.3) is 0 Å². The van der Waals surface area contributed by atoms with E-state index in [0.717, 1.165) is 0 Å². The SMILES string of the molecule is Cl.O=C([O-])C(O)C(O)C(=O)[O-].O=C([O-])CC(O)(CC(=O)[O-])C(=O)[O-].[Na+].[Na+].[Na+].[Na+].[Na+]. The third-order valence-electron chi connectivity index (χ3n) is 2.04. The van der Waals surface area contributed by atoms with Crippen molar-refractivity contribution < 1.29 is 213 Å². The number of aliphatic hydroxyl groups excluding tert-OH is 2. The van der Waals surface area contributed by atoms with Crippen molar-refractivity contribution in [3.05, 3.63) is 0 Å². The molecule has 0 saturated heterocycles. The Labute approximate surface area is 280 Å². The van der Waals surface area contributed by atoms with E-state index in [1.165, 1.54) is 0 Å². The Kier molecular flexibility index (Phi) is 49.0. The third kappa shape index (κ3) is 26.7. The molecule has 0 aromatic rings. The number of aliphatic carboxylic acids is 5. The van der Waals surface area contributed by atoms with Crippen LogP contribution in [-0.4, -0.2) is 63.0 Å². The minimum atomic E-state index is -2.97. The van der Waals surface area contributed by atoms with Crippen molar-refractivity contribution >= 4 is 42.3 Å². The van der Waals surface area contributed by atoms with E-state index in [4.69, 9.17) is 15.3 Å². The molecule has 13 nitrogen and oxygen atoms in total. The van der Waals surface area contributed by atoms with E-state index in [1.54, 1.807) is 0 Å². The first-order chi connectivity index (χ1) is 10.2. The Morgan fingerprint density at radius 2 is 0.862 bits per heavy atom. The standard InChI is InChI=1S/C6H8O7.C4H6O6.ClH.5Na/c7-3(8)1-6(13,5(11)12)2-4(9)10;5-1(3(7)8)2(6)4(9)10;;;;;;/h13H,1-2H2,(H,7,8)(H,9,10)(H,11,12);1-2,5-6H,(H,7,8)(H,9,10);1H;;;;;/q;;;5*+1/p-5. The van der Waals surface area contributed by atoms with Gasteiger partial charge in [-0.1, -0.05) is 0 Å². The van der Waals surface area contributed by atoms with Gasteiger partial charge >= 0.3 is 148 Å². The van der Waals surface area contributed by atoms with Crippen molar-refractivity contribution in [1.29, 1.82) is 0 Å². The Balaban J connectivity index is -0.0000000428. The van der Waals surface area contributed by atoms with Crippen LogP contribution < -0.4 is 173 Å². The molecule has 0 aromatic heterocycles. The number of rotatable bonds is 8. The summed E-state index contributed by atoms with van der Waals surface area (Å²) in [5.41, 5.74) is -2.97. The van der Waals surface area contributed by atoms with Gasteiger partial charge < -0.3 is 64.8 Å². The van der Waals surface area contributed by atoms with Crippen molar-refractivity contribution in [3.63, 3.8) is 0 Å². The van der Waals surface area contributed by atoms with Crippen LogP contribution in [0.15, 0.2) is 0 Å². The maximum absolute atomic E-state index is 10.1. The van der Waals surface area contributed by atoms with E-state index in [0.29, 0.717) is 0 Å². The third-order valence-corrected chi connectivity index (χ3v) is 2.04. The molecule has 19 heteroatoms. The molecule has 0 amide bonds. The second-order valence-electron chi connectivity index (χ2n) is 3.94. The van der Waals surface area contributed by atoms with E-state index < -0.39 is 60.5 Å². The fraction of sp³-hybridized carbons (Fsp3) is 0.500. The molecule has 140 valence electrons. The summed E-state index contributed by atoms with van der Waals surface area (Å²) in [6.45, 7) is 0. The summed E-state index contributed by atoms with van der Waals surface area (Å²) in [7, 11) is 0. The Morgan fingerprint density at radius 3 is 0.966 bits per heavy atom. The fourth-order valence-corrected chi connectivity index (χ4v) is 0.942. The summed E-state index contributed by atoms with van der Waals surface area (Å²) < 4.78 is 0. The van der Waals surface area contributed by atoms with Crippen LogP contribution in [0.4, 0.5) is 0 Å². The number of halogens is 1. The quantitative estimate of drug-likeness (QED) is 0.268. The summed E-state index contributed by atoms with van der Waals surface area (Å²) in [5, 5.41) is 74.7. The van der Waals surface area contributed by atoms with Gasteiger partial charge in [-0.3, -0.25) is 0 Å². The minimum Gasteiger partial charge on any atom is -0.550 e. The Morgan fingerprint density at radius 1 is 0.655 bits per heavy atom. The van der Waals surface area contributed by atoms with Crippen LogP contribution in [0.1, 0.15) is 12.8 Å².